The molecule has 1 heterocycles. The maximum absolute atomic E-state index is 10.7. The molecule has 1 fully saturated rings. The highest BCUT2D eigenvalue weighted by molar-refractivity contribution is 7.97. The van der Waals surface area contributed by atoms with E-state index in [1.165, 1.54) is 35.7 Å². The number of allylic oxidation sites excluding steroid dienone is 1. The van der Waals surface area contributed by atoms with Gasteiger partial charge in [0.15, 0.2) is 10.1 Å². The van der Waals surface area contributed by atoms with Crippen molar-refractivity contribution in [3.8, 4) is 0 Å². The number of alkyl halides is 3. The summed E-state index contributed by atoms with van der Waals surface area (Å²) in [5.41, 5.74) is -4.16. The lowest BCUT2D eigenvalue weighted by atomic mass is 10.3. The summed E-state index contributed by atoms with van der Waals surface area (Å²) in [6.45, 7) is 4.39. The lowest BCUT2D eigenvalue weighted by molar-refractivity contribution is -0.0517. The van der Waals surface area contributed by atoms with Crippen molar-refractivity contribution >= 4 is 21.0 Å². The van der Waals surface area contributed by atoms with Crippen molar-refractivity contribution in [2.24, 2.45) is 0 Å². The molecule has 0 bridgehead atoms. The van der Waals surface area contributed by atoms with Gasteiger partial charge in [-0.15, -0.1) is 0 Å². The van der Waals surface area contributed by atoms with Gasteiger partial charge >= 0.3 is 5.51 Å². The van der Waals surface area contributed by atoms with Gasteiger partial charge in [0, 0.05) is 0 Å². The molecule has 1 aliphatic heterocycles. The van der Waals surface area contributed by atoms with Crippen molar-refractivity contribution in [3.05, 3.63) is 11.6 Å². The number of hydrogen-bond acceptors (Lipinski definition) is 3. The van der Waals surface area contributed by atoms with Gasteiger partial charge < -0.3 is 4.55 Å². The van der Waals surface area contributed by atoms with Crippen LogP contribution in [0.4, 0.5) is 13.2 Å². The minimum atomic E-state index is -6.09. The molecule has 0 radical (unpaired) electrons. The van der Waals surface area contributed by atoms with Crippen molar-refractivity contribution < 1.29 is 26.1 Å². The molecule has 108 valence electrons. The third-order valence-electron chi connectivity index (χ3n) is 2.13. The first kappa shape index (κ1) is 17.8. The van der Waals surface area contributed by atoms with Crippen LogP contribution in [0.5, 0.6) is 0 Å². The van der Waals surface area contributed by atoms with E-state index in [4.69, 9.17) is 13.0 Å². The molecule has 1 saturated heterocycles. The third-order valence-corrected chi connectivity index (χ3v) is 5.06. The average molecular weight is 306 g/mol. The maximum Gasteiger partial charge on any atom is 0.485 e. The van der Waals surface area contributed by atoms with Gasteiger partial charge in [-0.25, -0.2) is 8.42 Å². The fraction of sp³-hybridized carbons (Fsp3) is 0.800. The molecule has 0 aromatic heterocycles. The molecule has 0 aromatic carbocycles. The van der Waals surface area contributed by atoms with E-state index in [9.17, 15) is 13.2 Å². The van der Waals surface area contributed by atoms with Gasteiger partial charge in [-0.3, -0.25) is 0 Å². The van der Waals surface area contributed by atoms with E-state index in [-0.39, 0.29) is 0 Å². The zero-order chi connectivity index (χ0) is 14.4. The summed E-state index contributed by atoms with van der Waals surface area (Å²) in [7, 11) is -5.31. The fourth-order valence-corrected chi connectivity index (χ4v) is 3.50. The highest BCUT2D eigenvalue weighted by Crippen LogP contribution is 2.20. The second-order valence-corrected chi connectivity index (χ2v) is 7.82. The molecule has 1 aliphatic rings. The molecule has 0 unspecified atom stereocenters. The maximum atomic E-state index is 10.7. The van der Waals surface area contributed by atoms with Crippen LogP contribution in [-0.4, -0.2) is 35.7 Å². The minimum absolute atomic E-state index is 0.776. The van der Waals surface area contributed by atoms with E-state index in [1.54, 1.807) is 0 Å². The van der Waals surface area contributed by atoms with E-state index >= 15 is 0 Å². The molecule has 0 spiro atoms. The first-order valence-corrected chi connectivity index (χ1v) is 8.47. The van der Waals surface area contributed by atoms with Crippen LogP contribution in [0.25, 0.3) is 0 Å². The van der Waals surface area contributed by atoms with Gasteiger partial charge in [0.2, 0.25) is 0 Å². The predicted octanol–water partition coefficient (Wildman–Crippen LogP) is 2.42. The summed E-state index contributed by atoms with van der Waals surface area (Å²) in [6, 6.07) is 0. The molecule has 0 aromatic rings. The molecule has 0 N–H and O–H groups in total. The molecule has 1 rings (SSSR count). The highest BCUT2D eigenvalue weighted by Gasteiger charge is 2.36. The number of hydrogen-bond donors (Lipinski definition) is 0. The van der Waals surface area contributed by atoms with Crippen LogP contribution < -0.4 is 0 Å². The topological polar surface area (TPSA) is 57.2 Å². The molecule has 0 amide bonds. The summed E-state index contributed by atoms with van der Waals surface area (Å²) < 4.78 is 58.9. The molecule has 18 heavy (non-hydrogen) atoms. The monoisotopic (exact) mass is 306 g/mol. The molecule has 0 saturated carbocycles. The predicted molar refractivity (Wildman–Crippen MR) is 66.4 cm³/mol. The Kier molecular flexibility index (Phi) is 7.31. The standard InChI is InChI=1S/C9H17S.CHF3O3S/c1-9(2)5-8-10-6-3-4-7-10;2-1(3,4)8(5,6)7/h5H,3-4,6-8H2,1-2H3;(H,5,6,7)/q+1;/p-1. The largest absolute Gasteiger partial charge is 0.741 e. The Morgan fingerprint density at radius 1 is 1.28 bits per heavy atom. The Bertz CT molecular complexity index is 364. The summed E-state index contributed by atoms with van der Waals surface area (Å²) in [5.74, 6) is 4.37. The molecular formula is C10H17F3O3S2. The second kappa shape index (κ2) is 7.40. The first-order valence-electron chi connectivity index (χ1n) is 5.33. The Balaban J connectivity index is 0.000000331. The summed E-state index contributed by atoms with van der Waals surface area (Å²) in [5, 5.41) is 0. The van der Waals surface area contributed by atoms with Crippen LogP contribution in [0.3, 0.4) is 0 Å². The number of rotatable bonds is 2. The van der Waals surface area contributed by atoms with Crippen LogP contribution in [0, 0.1) is 0 Å². The Hall–Kier alpha value is -0.210. The Morgan fingerprint density at radius 2 is 1.67 bits per heavy atom. The molecule has 8 heteroatoms. The lowest BCUT2D eigenvalue weighted by Crippen LogP contribution is -2.21. The van der Waals surface area contributed by atoms with Crippen LogP contribution in [0.1, 0.15) is 26.7 Å². The van der Waals surface area contributed by atoms with Crippen molar-refractivity contribution in [1.29, 1.82) is 0 Å². The van der Waals surface area contributed by atoms with Crippen LogP contribution in [-0.2, 0) is 21.0 Å². The SMILES string of the molecule is CC(C)=CC[S+]1CCCC1.O=S(=O)([O-])C(F)(F)F. The highest BCUT2D eigenvalue weighted by atomic mass is 32.2. The lowest BCUT2D eigenvalue weighted by Gasteiger charge is -2.08. The van der Waals surface area contributed by atoms with Gasteiger partial charge in [0.05, 0.1) is 0 Å². The van der Waals surface area contributed by atoms with E-state index in [0.717, 1.165) is 10.9 Å². The normalized spacial score (nSPS) is 17.0. The van der Waals surface area contributed by atoms with Crippen molar-refractivity contribution in [1.82, 2.24) is 0 Å². The Morgan fingerprint density at radius 3 is 1.94 bits per heavy atom. The first-order chi connectivity index (χ1) is 8.04. The Labute approximate surface area is 109 Å². The van der Waals surface area contributed by atoms with Crippen molar-refractivity contribution in [3.63, 3.8) is 0 Å². The van der Waals surface area contributed by atoms with Gasteiger partial charge in [0.1, 0.15) is 17.3 Å². The zero-order valence-electron chi connectivity index (χ0n) is 10.3. The van der Waals surface area contributed by atoms with Crippen LogP contribution in [0.15, 0.2) is 11.6 Å². The number of halogens is 3. The average Bonchev–Trinajstić information content (AvgIpc) is 2.64. The van der Waals surface area contributed by atoms with Gasteiger partial charge in [-0.2, -0.15) is 13.2 Å². The van der Waals surface area contributed by atoms with Crippen molar-refractivity contribution in [2.45, 2.75) is 32.2 Å². The molecular weight excluding hydrogens is 289 g/mol. The van der Waals surface area contributed by atoms with E-state index in [2.05, 4.69) is 19.9 Å². The van der Waals surface area contributed by atoms with E-state index < -0.39 is 15.6 Å². The fourth-order valence-electron chi connectivity index (χ4n) is 1.17. The smallest absolute Gasteiger partial charge is 0.485 e. The molecule has 0 atom stereocenters. The summed E-state index contributed by atoms with van der Waals surface area (Å²) in [4.78, 5) is 0. The van der Waals surface area contributed by atoms with Gasteiger partial charge in [-0.1, -0.05) is 5.57 Å². The van der Waals surface area contributed by atoms with Crippen molar-refractivity contribution in [2.75, 3.05) is 17.3 Å². The summed E-state index contributed by atoms with van der Waals surface area (Å²) >= 11 is 0. The second-order valence-electron chi connectivity index (χ2n) is 4.08. The van der Waals surface area contributed by atoms with Gasteiger partial charge in [0.25, 0.3) is 0 Å². The van der Waals surface area contributed by atoms with Crippen LogP contribution in [0.2, 0.25) is 0 Å². The quantitative estimate of drug-likeness (QED) is 0.341. The summed E-state index contributed by atoms with van der Waals surface area (Å²) in [6.07, 6.45) is 5.37. The molecule has 3 nitrogen and oxygen atoms in total. The van der Waals surface area contributed by atoms with E-state index in [1.807, 2.05) is 0 Å². The van der Waals surface area contributed by atoms with Gasteiger partial charge in [-0.05, 0) is 43.7 Å². The molecule has 0 aliphatic carbocycles. The third kappa shape index (κ3) is 7.99. The van der Waals surface area contributed by atoms with Crippen LogP contribution >= 0.6 is 0 Å². The zero-order valence-corrected chi connectivity index (χ0v) is 11.9. The minimum Gasteiger partial charge on any atom is -0.741 e. The van der Waals surface area contributed by atoms with E-state index in [0.29, 0.717) is 0 Å².